The normalized spacial score (nSPS) is 9.90. The van der Waals surface area contributed by atoms with E-state index in [4.69, 9.17) is 11.6 Å². The quantitative estimate of drug-likeness (QED) is 0.838. The lowest BCUT2D eigenvalue weighted by Crippen LogP contribution is -2.37. The van der Waals surface area contributed by atoms with Crippen LogP contribution in [0.1, 0.15) is 24.2 Å². The lowest BCUT2D eigenvalue weighted by Gasteiger charge is -2.23. The zero-order valence-corrected chi connectivity index (χ0v) is 12.9. The van der Waals surface area contributed by atoms with E-state index in [0.29, 0.717) is 16.3 Å². The number of hydrogen-bond donors (Lipinski definition) is 1. The first-order valence-corrected chi connectivity index (χ1v) is 6.65. The van der Waals surface area contributed by atoms with Crippen LogP contribution in [0.4, 0.5) is 5.69 Å². The van der Waals surface area contributed by atoms with Crippen molar-refractivity contribution in [3.63, 3.8) is 0 Å². The molecule has 0 aliphatic heterocycles. The summed E-state index contributed by atoms with van der Waals surface area (Å²) in [6, 6.07) is 4.53. The molecular weight excluding hydrogens is 296 g/mol. The summed E-state index contributed by atoms with van der Waals surface area (Å²) in [7, 11) is 1.27. The Bertz CT molecular complexity index is 560. The molecule has 0 aliphatic carbocycles. The van der Waals surface area contributed by atoms with E-state index in [-0.39, 0.29) is 24.9 Å². The van der Waals surface area contributed by atoms with Gasteiger partial charge in [0, 0.05) is 26.9 Å². The number of hydrogen-bond acceptors (Lipinski definition) is 4. The molecule has 0 saturated carbocycles. The molecule has 0 heterocycles. The van der Waals surface area contributed by atoms with Gasteiger partial charge >= 0.3 is 5.97 Å². The number of halogens is 1. The summed E-state index contributed by atoms with van der Waals surface area (Å²) in [5.74, 6) is -0.949. The van der Waals surface area contributed by atoms with Crippen LogP contribution in [0, 0.1) is 0 Å². The van der Waals surface area contributed by atoms with E-state index < -0.39 is 5.97 Å². The van der Waals surface area contributed by atoms with Crippen LogP contribution in [0.5, 0.6) is 0 Å². The second kappa shape index (κ2) is 7.64. The predicted molar refractivity (Wildman–Crippen MR) is 79.5 cm³/mol. The zero-order chi connectivity index (χ0) is 16.0. The Morgan fingerprint density at radius 1 is 1.29 bits per heavy atom. The van der Waals surface area contributed by atoms with Gasteiger partial charge in [-0.05, 0) is 18.2 Å². The molecule has 21 heavy (non-hydrogen) atoms. The first kappa shape index (κ1) is 17.0. The molecule has 0 bridgehead atoms. The summed E-state index contributed by atoms with van der Waals surface area (Å²) >= 11 is 6.09. The topological polar surface area (TPSA) is 75.7 Å². The molecule has 0 spiro atoms. The number of benzene rings is 1. The number of carbonyl (C=O) groups is 3. The summed E-state index contributed by atoms with van der Waals surface area (Å²) in [4.78, 5) is 35.6. The van der Waals surface area contributed by atoms with Crippen LogP contribution in [-0.2, 0) is 14.3 Å². The maximum atomic E-state index is 11.8. The maximum Gasteiger partial charge on any atom is 0.337 e. The highest BCUT2D eigenvalue weighted by atomic mass is 35.5. The Morgan fingerprint density at radius 2 is 1.95 bits per heavy atom. The van der Waals surface area contributed by atoms with Gasteiger partial charge in [0.2, 0.25) is 11.8 Å². The van der Waals surface area contributed by atoms with Gasteiger partial charge < -0.3 is 15.0 Å². The second-order valence-electron chi connectivity index (χ2n) is 4.31. The van der Waals surface area contributed by atoms with Gasteiger partial charge in [0.1, 0.15) is 0 Å². The number of rotatable bonds is 5. The summed E-state index contributed by atoms with van der Waals surface area (Å²) in [6.45, 7) is 3.31. The van der Waals surface area contributed by atoms with E-state index in [1.54, 1.807) is 0 Å². The first-order valence-electron chi connectivity index (χ1n) is 6.27. The molecule has 0 atom stereocenters. The van der Waals surface area contributed by atoms with E-state index in [9.17, 15) is 14.4 Å². The fourth-order valence-corrected chi connectivity index (χ4v) is 1.98. The average molecular weight is 313 g/mol. The number of carbonyl (C=O) groups excluding carboxylic acids is 3. The Kier molecular flexibility index (Phi) is 6.17. The molecule has 6 nitrogen and oxygen atoms in total. The SMILES string of the molecule is COC(=O)c1ccc(Cl)c(N(CCNC(C)=O)C(C)=O)c1. The van der Waals surface area contributed by atoms with E-state index in [0.717, 1.165) is 0 Å². The highest BCUT2D eigenvalue weighted by Gasteiger charge is 2.17. The van der Waals surface area contributed by atoms with Crippen LogP contribution in [-0.4, -0.2) is 38.0 Å². The number of esters is 1. The molecule has 0 radical (unpaired) electrons. The molecule has 2 amide bonds. The molecule has 1 aromatic carbocycles. The first-order chi connectivity index (χ1) is 9.86. The van der Waals surface area contributed by atoms with Crippen molar-refractivity contribution in [2.75, 3.05) is 25.1 Å². The van der Waals surface area contributed by atoms with Crippen molar-refractivity contribution in [1.29, 1.82) is 0 Å². The highest BCUT2D eigenvalue weighted by Crippen LogP contribution is 2.27. The van der Waals surface area contributed by atoms with Gasteiger partial charge in [-0.15, -0.1) is 0 Å². The Balaban J connectivity index is 3.03. The van der Waals surface area contributed by atoms with E-state index in [1.807, 2.05) is 0 Å². The second-order valence-corrected chi connectivity index (χ2v) is 4.72. The van der Waals surface area contributed by atoms with Gasteiger partial charge in [0.05, 0.1) is 23.4 Å². The Hall–Kier alpha value is -2.08. The number of nitrogens with one attached hydrogen (secondary N) is 1. The van der Waals surface area contributed by atoms with Crippen molar-refractivity contribution in [3.8, 4) is 0 Å². The fraction of sp³-hybridized carbons (Fsp3) is 0.357. The Labute approximate surface area is 128 Å². The van der Waals surface area contributed by atoms with Gasteiger partial charge in [-0.25, -0.2) is 4.79 Å². The third-order valence-electron chi connectivity index (χ3n) is 2.75. The number of nitrogens with zero attached hydrogens (tertiary/aromatic N) is 1. The van der Waals surface area contributed by atoms with Crippen LogP contribution in [0.3, 0.4) is 0 Å². The predicted octanol–water partition coefficient (Wildman–Crippen LogP) is 1.62. The van der Waals surface area contributed by atoms with Crippen molar-refractivity contribution in [2.24, 2.45) is 0 Å². The number of amides is 2. The van der Waals surface area contributed by atoms with Crippen LogP contribution in [0.2, 0.25) is 5.02 Å². The molecule has 0 aliphatic rings. The summed E-state index contributed by atoms with van der Waals surface area (Å²) in [5.41, 5.74) is 0.695. The lowest BCUT2D eigenvalue weighted by atomic mass is 10.2. The van der Waals surface area contributed by atoms with Crippen molar-refractivity contribution in [1.82, 2.24) is 5.32 Å². The molecule has 114 valence electrons. The molecule has 1 N–H and O–H groups in total. The standard InChI is InChI=1S/C14H17ClN2O4/c1-9(18)16-6-7-17(10(2)19)13-8-11(14(20)21-3)4-5-12(13)15/h4-5,8H,6-7H2,1-3H3,(H,16,18). The van der Waals surface area contributed by atoms with Crippen LogP contribution in [0.15, 0.2) is 18.2 Å². The van der Waals surface area contributed by atoms with E-state index in [1.165, 1.54) is 44.1 Å². The van der Waals surface area contributed by atoms with Gasteiger partial charge in [0.15, 0.2) is 0 Å². The molecule has 0 fully saturated rings. The highest BCUT2D eigenvalue weighted by molar-refractivity contribution is 6.34. The number of methoxy groups -OCH3 is 1. The van der Waals surface area contributed by atoms with Gasteiger partial charge in [-0.2, -0.15) is 0 Å². The minimum atomic E-state index is -0.515. The van der Waals surface area contributed by atoms with Crippen LogP contribution in [0.25, 0.3) is 0 Å². The smallest absolute Gasteiger partial charge is 0.337 e. The molecule has 0 saturated heterocycles. The fourth-order valence-electron chi connectivity index (χ4n) is 1.76. The number of ether oxygens (including phenoxy) is 1. The average Bonchev–Trinajstić information content (AvgIpc) is 2.43. The molecule has 1 aromatic rings. The summed E-state index contributed by atoms with van der Waals surface area (Å²) in [6.07, 6.45) is 0. The maximum absolute atomic E-state index is 11.8. The van der Waals surface area contributed by atoms with Gasteiger partial charge in [0.25, 0.3) is 0 Å². The van der Waals surface area contributed by atoms with Gasteiger partial charge in [-0.3, -0.25) is 9.59 Å². The number of anilines is 1. The summed E-state index contributed by atoms with van der Waals surface area (Å²) < 4.78 is 4.64. The summed E-state index contributed by atoms with van der Waals surface area (Å²) in [5, 5.41) is 2.94. The lowest BCUT2D eigenvalue weighted by molar-refractivity contribution is -0.119. The third-order valence-corrected chi connectivity index (χ3v) is 3.07. The van der Waals surface area contributed by atoms with Crippen molar-refractivity contribution in [2.45, 2.75) is 13.8 Å². The van der Waals surface area contributed by atoms with Crippen LogP contribution < -0.4 is 10.2 Å². The third kappa shape index (κ3) is 4.75. The zero-order valence-electron chi connectivity index (χ0n) is 12.1. The molecular formula is C14H17ClN2O4. The van der Waals surface area contributed by atoms with Crippen molar-refractivity contribution >= 4 is 35.1 Å². The van der Waals surface area contributed by atoms with Crippen molar-refractivity contribution < 1.29 is 19.1 Å². The van der Waals surface area contributed by atoms with Crippen LogP contribution >= 0.6 is 11.6 Å². The minimum absolute atomic E-state index is 0.187. The largest absolute Gasteiger partial charge is 0.465 e. The molecule has 1 rings (SSSR count). The monoisotopic (exact) mass is 312 g/mol. The molecule has 0 aromatic heterocycles. The van der Waals surface area contributed by atoms with E-state index in [2.05, 4.69) is 10.1 Å². The van der Waals surface area contributed by atoms with Crippen molar-refractivity contribution in [3.05, 3.63) is 28.8 Å². The molecule has 7 heteroatoms. The minimum Gasteiger partial charge on any atom is -0.465 e. The van der Waals surface area contributed by atoms with E-state index >= 15 is 0 Å². The Morgan fingerprint density at radius 3 is 2.48 bits per heavy atom. The van der Waals surface area contributed by atoms with Gasteiger partial charge in [-0.1, -0.05) is 11.6 Å². The molecule has 0 unspecified atom stereocenters.